The highest BCUT2D eigenvalue weighted by Gasteiger charge is 2.35. The van der Waals surface area contributed by atoms with Crippen LogP contribution in [-0.4, -0.2) is 26.0 Å². The predicted octanol–water partition coefficient (Wildman–Crippen LogP) is 3.59. The number of hydrogen-bond acceptors (Lipinski definition) is 6. The standard InChI is InChI=1S/C21H23N5O2/c1-12-18(13(2)28-26-12)20(27)25-17-10-21(3,4)9-16-15(17)11-23-19(24-16)14-5-7-22-8-6-14/h5-8,11,17H,9-10H2,1-4H3,(H,25,27). The second-order valence-electron chi connectivity index (χ2n) is 8.10. The molecule has 1 aliphatic rings. The molecule has 0 fully saturated rings. The largest absolute Gasteiger partial charge is 0.361 e. The van der Waals surface area contributed by atoms with Crippen LogP contribution in [0.3, 0.4) is 0 Å². The predicted molar refractivity (Wildman–Crippen MR) is 104 cm³/mol. The van der Waals surface area contributed by atoms with Crippen molar-refractivity contribution in [2.45, 2.75) is 46.6 Å². The number of hydrogen-bond donors (Lipinski definition) is 1. The van der Waals surface area contributed by atoms with E-state index in [0.29, 0.717) is 22.8 Å². The van der Waals surface area contributed by atoms with Crippen molar-refractivity contribution in [3.63, 3.8) is 0 Å². The fraction of sp³-hybridized carbons (Fsp3) is 0.381. The highest BCUT2D eigenvalue weighted by atomic mass is 16.5. The van der Waals surface area contributed by atoms with E-state index in [4.69, 9.17) is 9.51 Å². The Morgan fingerprint density at radius 2 is 2.00 bits per heavy atom. The summed E-state index contributed by atoms with van der Waals surface area (Å²) in [5.41, 5.74) is 3.97. The van der Waals surface area contributed by atoms with Crippen LogP contribution in [0.25, 0.3) is 11.4 Å². The van der Waals surface area contributed by atoms with E-state index >= 15 is 0 Å². The minimum Gasteiger partial charge on any atom is -0.361 e. The van der Waals surface area contributed by atoms with Gasteiger partial charge in [-0.15, -0.1) is 0 Å². The molecule has 28 heavy (non-hydrogen) atoms. The van der Waals surface area contributed by atoms with Gasteiger partial charge in [-0.2, -0.15) is 0 Å². The van der Waals surface area contributed by atoms with Gasteiger partial charge in [0.25, 0.3) is 5.91 Å². The number of carbonyl (C=O) groups is 1. The lowest BCUT2D eigenvalue weighted by atomic mass is 9.74. The van der Waals surface area contributed by atoms with Gasteiger partial charge >= 0.3 is 0 Å². The molecule has 0 radical (unpaired) electrons. The van der Waals surface area contributed by atoms with Gasteiger partial charge < -0.3 is 9.84 Å². The number of nitrogens with one attached hydrogen (secondary N) is 1. The van der Waals surface area contributed by atoms with E-state index in [9.17, 15) is 4.79 Å². The fourth-order valence-corrected chi connectivity index (χ4v) is 3.85. The van der Waals surface area contributed by atoms with Crippen molar-refractivity contribution in [2.75, 3.05) is 0 Å². The van der Waals surface area contributed by atoms with Gasteiger partial charge in [0.2, 0.25) is 0 Å². The smallest absolute Gasteiger partial charge is 0.257 e. The molecule has 1 unspecified atom stereocenters. The van der Waals surface area contributed by atoms with Crippen molar-refractivity contribution in [3.8, 4) is 11.4 Å². The lowest BCUT2D eigenvalue weighted by Crippen LogP contribution is -2.37. The molecule has 7 nitrogen and oxygen atoms in total. The van der Waals surface area contributed by atoms with Crippen LogP contribution < -0.4 is 5.32 Å². The fourth-order valence-electron chi connectivity index (χ4n) is 3.85. The normalized spacial score (nSPS) is 17.8. The number of carbonyl (C=O) groups excluding carboxylic acids is 1. The van der Waals surface area contributed by atoms with E-state index in [0.717, 1.165) is 29.7 Å². The second-order valence-corrected chi connectivity index (χ2v) is 8.10. The van der Waals surface area contributed by atoms with Crippen LogP contribution in [0.2, 0.25) is 0 Å². The van der Waals surface area contributed by atoms with Crippen LogP contribution in [0.15, 0.2) is 35.2 Å². The molecule has 1 N–H and O–H groups in total. The molecule has 0 saturated carbocycles. The Morgan fingerprint density at radius 3 is 2.68 bits per heavy atom. The lowest BCUT2D eigenvalue weighted by molar-refractivity contribution is 0.0917. The maximum absolute atomic E-state index is 12.9. The molecule has 7 heteroatoms. The molecule has 0 spiro atoms. The number of nitrogens with zero attached hydrogens (tertiary/aromatic N) is 4. The van der Waals surface area contributed by atoms with Crippen LogP contribution in [0.5, 0.6) is 0 Å². The Bertz CT molecular complexity index is 1010. The van der Waals surface area contributed by atoms with Crippen molar-refractivity contribution >= 4 is 5.91 Å². The first-order valence-corrected chi connectivity index (χ1v) is 9.34. The van der Waals surface area contributed by atoms with E-state index in [1.165, 1.54) is 0 Å². The third-order valence-electron chi connectivity index (χ3n) is 5.18. The third kappa shape index (κ3) is 3.40. The summed E-state index contributed by atoms with van der Waals surface area (Å²) in [6.45, 7) is 7.91. The average Bonchev–Trinajstić information content (AvgIpc) is 2.99. The van der Waals surface area contributed by atoms with Crippen molar-refractivity contribution < 1.29 is 9.32 Å². The number of rotatable bonds is 3. The molecule has 0 saturated heterocycles. The Balaban J connectivity index is 1.68. The molecule has 3 aromatic rings. The quantitative estimate of drug-likeness (QED) is 0.750. The van der Waals surface area contributed by atoms with Crippen LogP contribution in [-0.2, 0) is 6.42 Å². The molecule has 1 atom stereocenters. The molecule has 3 heterocycles. The van der Waals surface area contributed by atoms with Crippen LogP contribution in [0.1, 0.15) is 59.4 Å². The molecule has 144 valence electrons. The van der Waals surface area contributed by atoms with Crippen molar-refractivity contribution in [1.29, 1.82) is 0 Å². The minimum atomic E-state index is -0.178. The third-order valence-corrected chi connectivity index (χ3v) is 5.18. The molecule has 1 amide bonds. The van der Waals surface area contributed by atoms with Crippen LogP contribution in [0, 0.1) is 19.3 Å². The Hall–Kier alpha value is -3.09. The first-order valence-electron chi connectivity index (χ1n) is 9.34. The zero-order valence-electron chi connectivity index (χ0n) is 16.5. The van der Waals surface area contributed by atoms with Gasteiger partial charge in [0.05, 0.1) is 17.4 Å². The number of aryl methyl sites for hydroxylation is 2. The summed E-state index contributed by atoms with van der Waals surface area (Å²) in [4.78, 5) is 26.3. The monoisotopic (exact) mass is 377 g/mol. The molecule has 0 aromatic carbocycles. The van der Waals surface area contributed by atoms with E-state index in [2.05, 4.69) is 34.3 Å². The topological polar surface area (TPSA) is 93.8 Å². The number of fused-ring (bicyclic) bond motifs is 1. The van der Waals surface area contributed by atoms with Crippen molar-refractivity contribution in [2.24, 2.45) is 5.41 Å². The summed E-state index contributed by atoms with van der Waals surface area (Å²) in [7, 11) is 0. The van der Waals surface area contributed by atoms with Gasteiger partial charge in [-0.1, -0.05) is 19.0 Å². The van der Waals surface area contributed by atoms with Crippen LogP contribution >= 0.6 is 0 Å². The van der Waals surface area contributed by atoms with Gasteiger partial charge in [-0.05, 0) is 44.2 Å². The molecule has 4 rings (SSSR count). The second kappa shape index (κ2) is 6.82. The molecule has 0 aliphatic heterocycles. The molecule has 3 aromatic heterocycles. The van der Waals surface area contributed by atoms with Gasteiger partial charge in [-0.3, -0.25) is 9.78 Å². The number of aromatic nitrogens is 4. The summed E-state index contributed by atoms with van der Waals surface area (Å²) in [6, 6.07) is 3.63. The number of pyridine rings is 1. The Morgan fingerprint density at radius 1 is 1.25 bits per heavy atom. The first kappa shape index (κ1) is 18.3. The highest BCUT2D eigenvalue weighted by Crippen LogP contribution is 2.40. The summed E-state index contributed by atoms with van der Waals surface area (Å²) in [5, 5.41) is 7.03. The SMILES string of the molecule is Cc1noc(C)c1C(=O)NC1CC(C)(C)Cc2nc(-c3ccncc3)ncc21. The maximum Gasteiger partial charge on any atom is 0.257 e. The summed E-state index contributed by atoms with van der Waals surface area (Å²) in [6.07, 6.45) is 6.95. The Kier molecular flexibility index (Phi) is 4.45. The van der Waals surface area contributed by atoms with Gasteiger partial charge in [0, 0.05) is 29.7 Å². The molecule has 1 aliphatic carbocycles. The maximum atomic E-state index is 12.9. The van der Waals surface area contributed by atoms with Gasteiger partial charge in [0.1, 0.15) is 11.3 Å². The van der Waals surface area contributed by atoms with E-state index < -0.39 is 0 Å². The highest BCUT2D eigenvalue weighted by molar-refractivity contribution is 5.96. The van der Waals surface area contributed by atoms with Crippen molar-refractivity contribution in [3.05, 3.63) is 59.0 Å². The van der Waals surface area contributed by atoms with Gasteiger partial charge in [0.15, 0.2) is 5.82 Å². The first-order chi connectivity index (χ1) is 13.3. The zero-order chi connectivity index (χ0) is 19.9. The van der Waals surface area contributed by atoms with E-state index in [1.807, 2.05) is 18.3 Å². The zero-order valence-corrected chi connectivity index (χ0v) is 16.5. The summed E-state index contributed by atoms with van der Waals surface area (Å²) < 4.78 is 5.14. The molecule has 0 bridgehead atoms. The summed E-state index contributed by atoms with van der Waals surface area (Å²) in [5.74, 6) is 1.02. The van der Waals surface area contributed by atoms with Crippen molar-refractivity contribution in [1.82, 2.24) is 25.4 Å². The lowest BCUT2D eigenvalue weighted by Gasteiger charge is -2.36. The average molecular weight is 377 g/mol. The van der Waals surface area contributed by atoms with Crippen LogP contribution in [0.4, 0.5) is 0 Å². The van der Waals surface area contributed by atoms with E-state index in [-0.39, 0.29) is 17.4 Å². The molecular formula is C21H23N5O2. The molecular weight excluding hydrogens is 354 g/mol. The minimum absolute atomic E-state index is 0.00749. The number of amides is 1. The van der Waals surface area contributed by atoms with E-state index in [1.54, 1.807) is 26.2 Å². The Labute approximate surface area is 163 Å². The van der Waals surface area contributed by atoms with Gasteiger partial charge in [-0.25, -0.2) is 9.97 Å². The summed E-state index contributed by atoms with van der Waals surface area (Å²) >= 11 is 0.